The van der Waals surface area contributed by atoms with Crippen LogP contribution in [0.1, 0.15) is 35.3 Å². The van der Waals surface area contributed by atoms with Gasteiger partial charge in [0, 0.05) is 44.3 Å². The number of methoxy groups -OCH3 is 1. The Morgan fingerprint density at radius 3 is 2.71 bits per heavy atom. The number of benzene rings is 2. The van der Waals surface area contributed by atoms with E-state index in [1.165, 1.54) is 5.56 Å². The van der Waals surface area contributed by atoms with E-state index in [4.69, 9.17) is 9.47 Å². The summed E-state index contributed by atoms with van der Waals surface area (Å²) in [6, 6.07) is 14.6. The number of ether oxygens (including phenoxy) is 2. The van der Waals surface area contributed by atoms with Gasteiger partial charge in [-0.05, 0) is 54.0 Å². The molecule has 1 N–H and O–H groups in total. The highest BCUT2D eigenvalue weighted by molar-refractivity contribution is 9.10. The fourth-order valence-corrected chi connectivity index (χ4v) is 4.49. The first-order chi connectivity index (χ1) is 15.0. The van der Waals surface area contributed by atoms with Crippen molar-refractivity contribution in [1.82, 2.24) is 15.1 Å². The Bertz CT molecular complexity index is 863. The van der Waals surface area contributed by atoms with E-state index in [-0.39, 0.29) is 5.91 Å². The highest BCUT2D eigenvalue weighted by Crippen LogP contribution is 2.36. The van der Waals surface area contributed by atoms with Crippen molar-refractivity contribution in [3.8, 4) is 11.5 Å². The fourth-order valence-electron chi connectivity index (χ4n) is 3.94. The van der Waals surface area contributed by atoms with Crippen molar-refractivity contribution in [1.29, 1.82) is 0 Å². The standard InChI is InChI=1S/C24H32BrN3O3/c1-4-31-23-20(25)15-19(16-22(23)30-3)24(29)26-11-8-12-28-14-13-27(2)17-21(28)18-9-6-5-7-10-18/h5-7,9-10,15-16,21H,4,8,11-14,17H2,1-3H3,(H,26,29). The van der Waals surface area contributed by atoms with Gasteiger partial charge in [-0.2, -0.15) is 0 Å². The number of hydrogen-bond acceptors (Lipinski definition) is 5. The van der Waals surface area contributed by atoms with Gasteiger partial charge in [0.15, 0.2) is 11.5 Å². The molecule has 0 spiro atoms. The molecule has 2 aromatic rings. The molecule has 1 heterocycles. The average Bonchev–Trinajstić information content (AvgIpc) is 2.79. The van der Waals surface area contributed by atoms with Crippen LogP contribution in [0, 0.1) is 0 Å². The van der Waals surface area contributed by atoms with Crippen molar-refractivity contribution in [2.24, 2.45) is 0 Å². The SMILES string of the molecule is CCOc1c(Br)cc(C(=O)NCCCN2CCN(C)CC2c2ccccc2)cc1OC. The maximum atomic E-state index is 12.7. The zero-order valence-electron chi connectivity index (χ0n) is 18.6. The van der Waals surface area contributed by atoms with E-state index in [1.807, 2.05) is 6.92 Å². The van der Waals surface area contributed by atoms with Gasteiger partial charge in [-0.1, -0.05) is 30.3 Å². The molecule has 6 nitrogen and oxygen atoms in total. The summed E-state index contributed by atoms with van der Waals surface area (Å²) in [6.45, 7) is 7.13. The maximum Gasteiger partial charge on any atom is 0.251 e. The highest BCUT2D eigenvalue weighted by atomic mass is 79.9. The Morgan fingerprint density at radius 2 is 2.00 bits per heavy atom. The molecule has 0 bridgehead atoms. The van der Waals surface area contributed by atoms with Crippen LogP contribution in [0.5, 0.6) is 11.5 Å². The van der Waals surface area contributed by atoms with Crippen molar-refractivity contribution in [2.45, 2.75) is 19.4 Å². The second-order valence-electron chi connectivity index (χ2n) is 7.76. The van der Waals surface area contributed by atoms with Crippen LogP contribution in [0.4, 0.5) is 0 Å². The van der Waals surface area contributed by atoms with Gasteiger partial charge >= 0.3 is 0 Å². The van der Waals surface area contributed by atoms with Gasteiger partial charge in [0.1, 0.15) is 0 Å². The van der Waals surface area contributed by atoms with Gasteiger partial charge in [-0.25, -0.2) is 0 Å². The van der Waals surface area contributed by atoms with Crippen LogP contribution in [0.2, 0.25) is 0 Å². The van der Waals surface area contributed by atoms with Crippen LogP contribution in [0.3, 0.4) is 0 Å². The first kappa shape index (κ1) is 23.6. The lowest BCUT2D eigenvalue weighted by Gasteiger charge is -2.40. The number of hydrogen-bond donors (Lipinski definition) is 1. The molecule has 1 aliphatic rings. The minimum Gasteiger partial charge on any atom is -0.493 e. The molecule has 1 atom stereocenters. The van der Waals surface area contributed by atoms with Gasteiger partial charge in [-0.15, -0.1) is 0 Å². The summed E-state index contributed by atoms with van der Waals surface area (Å²) in [7, 11) is 3.75. The summed E-state index contributed by atoms with van der Waals surface area (Å²) in [5.41, 5.74) is 1.90. The fraction of sp³-hybridized carbons (Fsp3) is 0.458. The van der Waals surface area contributed by atoms with Crippen molar-refractivity contribution in [3.05, 3.63) is 58.1 Å². The second-order valence-corrected chi connectivity index (χ2v) is 8.61. The Labute approximate surface area is 193 Å². The largest absolute Gasteiger partial charge is 0.493 e. The molecule has 3 rings (SSSR count). The molecule has 31 heavy (non-hydrogen) atoms. The van der Waals surface area contributed by atoms with E-state index >= 15 is 0 Å². The monoisotopic (exact) mass is 489 g/mol. The predicted octanol–water partition coefficient (Wildman–Crippen LogP) is 3.97. The Morgan fingerprint density at radius 1 is 1.23 bits per heavy atom. The lowest BCUT2D eigenvalue weighted by molar-refractivity contribution is 0.0865. The van der Waals surface area contributed by atoms with Gasteiger partial charge in [0.2, 0.25) is 0 Å². The normalized spacial score (nSPS) is 17.4. The van der Waals surface area contributed by atoms with E-state index in [0.717, 1.165) is 32.6 Å². The van der Waals surface area contributed by atoms with Crippen LogP contribution in [0.25, 0.3) is 0 Å². The molecular weight excluding hydrogens is 458 g/mol. The van der Waals surface area contributed by atoms with Crippen LogP contribution in [-0.2, 0) is 0 Å². The molecule has 1 aliphatic heterocycles. The molecule has 0 saturated carbocycles. The van der Waals surface area contributed by atoms with Gasteiger partial charge in [0.05, 0.1) is 18.2 Å². The van der Waals surface area contributed by atoms with Crippen molar-refractivity contribution >= 4 is 21.8 Å². The predicted molar refractivity (Wildman–Crippen MR) is 127 cm³/mol. The number of piperazine rings is 1. The number of halogens is 1. The molecule has 1 unspecified atom stereocenters. The smallest absolute Gasteiger partial charge is 0.251 e. The zero-order chi connectivity index (χ0) is 22.2. The van der Waals surface area contributed by atoms with Crippen LogP contribution in [0.15, 0.2) is 46.9 Å². The first-order valence-electron chi connectivity index (χ1n) is 10.8. The summed E-state index contributed by atoms with van der Waals surface area (Å²) in [5, 5.41) is 3.04. The average molecular weight is 490 g/mol. The third-order valence-corrected chi connectivity index (χ3v) is 6.16. The van der Waals surface area contributed by atoms with Crippen molar-refractivity contribution in [3.63, 3.8) is 0 Å². The highest BCUT2D eigenvalue weighted by Gasteiger charge is 2.26. The maximum absolute atomic E-state index is 12.7. The summed E-state index contributed by atoms with van der Waals surface area (Å²) < 4.78 is 11.7. The Kier molecular flexibility index (Phi) is 8.75. The second kappa shape index (κ2) is 11.5. The zero-order valence-corrected chi connectivity index (χ0v) is 20.2. The Balaban J connectivity index is 1.55. The minimum absolute atomic E-state index is 0.111. The lowest BCUT2D eigenvalue weighted by atomic mass is 10.0. The van der Waals surface area contributed by atoms with Crippen LogP contribution < -0.4 is 14.8 Å². The summed E-state index contributed by atoms with van der Waals surface area (Å²) in [6.07, 6.45) is 0.897. The lowest BCUT2D eigenvalue weighted by Crippen LogP contribution is -2.47. The van der Waals surface area contributed by atoms with E-state index in [2.05, 4.69) is 68.4 Å². The number of carbonyl (C=O) groups excluding carboxylic acids is 1. The molecule has 2 aromatic carbocycles. The Hall–Kier alpha value is -2.09. The summed E-state index contributed by atoms with van der Waals surface area (Å²) >= 11 is 3.48. The van der Waals surface area contributed by atoms with Gasteiger partial charge in [-0.3, -0.25) is 9.69 Å². The molecular formula is C24H32BrN3O3. The van der Waals surface area contributed by atoms with Crippen molar-refractivity contribution in [2.75, 3.05) is 53.5 Å². The molecule has 0 radical (unpaired) electrons. The van der Waals surface area contributed by atoms with Crippen LogP contribution in [-0.4, -0.2) is 69.2 Å². The molecule has 0 aliphatic carbocycles. The molecule has 1 fully saturated rings. The van der Waals surface area contributed by atoms with Gasteiger partial charge < -0.3 is 19.7 Å². The first-order valence-corrected chi connectivity index (χ1v) is 11.6. The molecule has 7 heteroatoms. The number of amides is 1. The number of nitrogens with one attached hydrogen (secondary N) is 1. The summed E-state index contributed by atoms with van der Waals surface area (Å²) in [5.74, 6) is 1.05. The quantitative estimate of drug-likeness (QED) is 0.540. The van der Waals surface area contributed by atoms with Crippen molar-refractivity contribution < 1.29 is 14.3 Å². The molecule has 1 saturated heterocycles. The van der Waals surface area contributed by atoms with E-state index in [9.17, 15) is 4.79 Å². The molecule has 1 amide bonds. The van der Waals surface area contributed by atoms with E-state index < -0.39 is 0 Å². The number of likely N-dealkylation sites (N-methyl/N-ethyl adjacent to an activating group) is 1. The van der Waals surface area contributed by atoms with E-state index in [1.54, 1.807) is 19.2 Å². The van der Waals surface area contributed by atoms with Gasteiger partial charge in [0.25, 0.3) is 5.91 Å². The third kappa shape index (κ3) is 6.21. The number of nitrogens with zero attached hydrogens (tertiary/aromatic N) is 2. The third-order valence-electron chi connectivity index (χ3n) is 5.57. The number of carbonyl (C=O) groups is 1. The number of rotatable bonds is 9. The minimum atomic E-state index is -0.111. The molecule has 168 valence electrons. The molecule has 0 aromatic heterocycles. The van der Waals surface area contributed by atoms with E-state index in [0.29, 0.717) is 40.7 Å². The van der Waals surface area contributed by atoms with Crippen LogP contribution >= 0.6 is 15.9 Å². The summed E-state index contributed by atoms with van der Waals surface area (Å²) in [4.78, 5) is 17.6. The topological polar surface area (TPSA) is 54.0 Å².